The molecule has 2 bridgehead atoms. The lowest BCUT2D eigenvalue weighted by molar-refractivity contribution is -0.140. The van der Waals surface area contributed by atoms with Gasteiger partial charge in [-0.25, -0.2) is 4.39 Å². The Morgan fingerprint density at radius 2 is 1.91 bits per heavy atom. The summed E-state index contributed by atoms with van der Waals surface area (Å²) in [4.78, 5) is 0. The van der Waals surface area contributed by atoms with E-state index in [1.165, 1.54) is 11.6 Å². The molecule has 1 nitrogen and oxygen atoms in total. The summed E-state index contributed by atoms with van der Waals surface area (Å²) in [5, 5.41) is 3.51. The quantitative estimate of drug-likeness (QED) is 0.549. The van der Waals surface area contributed by atoms with Gasteiger partial charge in [-0.2, -0.15) is 13.2 Å². The number of alkyl halides is 3. The van der Waals surface area contributed by atoms with Gasteiger partial charge in [0.1, 0.15) is 5.82 Å². The molecular weight excluding hydrogens is 306 g/mol. The van der Waals surface area contributed by atoms with Gasteiger partial charge in [-0.15, -0.1) is 0 Å². The molecular formula is C18H21F4N. The van der Waals surface area contributed by atoms with Crippen molar-refractivity contribution in [2.45, 2.75) is 51.4 Å². The Kier molecular flexibility index (Phi) is 3.82. The monoisotopic (exact) mass is 327 g/mol. The van der Waals surface area contributed by atoms with Crippen LogP contribution < -0.4 is 5.32 Å². The topological polar surface area (TPSA) is 12.0 Å². The number of piperidine rings is 1. The van der Waals surface area contributed by atoms with Crippen molar-refractivity contribution in [3.63, 3.8) is 0 Å². The van der Waals surface area contributed by atoms with Gasteiger partial charge in [0.2, 0.25) is 0 Å². The zero-order chi connectivity index (χ0) is 17.0. The number of benzene rings is 1. The standard InChI is InChI=1S/C18H21F4N/c1-10-4-6-12-9-13(10)16(23-17(12,2)3)11-5-7-15(19)14(8-11)18(20,21)22/h4-5,7-8,12-13,16,23H,6,9H2,1-3H3/t12-,13-,16+/m1/s1. The van der Waals surface area contributed by atoms with Gasteiger partial charge in [0.15, 0.2) is 0 Å². The highest BCUT2D eigenvalue weighted by Crippen LogP contribution is 2.47. The second kappa shape index (κ2) is 5.33. The Bertz CT molecular complexity index is 645. The van der Waals surface area contributed by atoms with E-state index in [9.17, 15) is 17.6 Å². The van der Waals surface area contributed by atoms with E-state index in [0.29, 0.717) is 11.5 Å². The lowest BCUT2D eigenvalue weighted by atomic mass is 9.65. The summed E-state index contributed by atoms with van der Waals surface area (Å²) < 4.78 is 52.6. The first-order chi connectivity index (χ1) is 10.6. The van der Waals surface area contributed by atoms with Crippen molar-refractivity contribution in [3.05, 3.63) is 46.8 Å². The summed E-state index contributed by atoms with van der Waals surface area (Å²) in [6.45, 7) is 6.20. The van der Waals surface area contributed by atoms with Crippen LogP contribution in [-0.2, 0) is 6.18 Å². The average molecular weight is 327 g/mol. The second-order valence-electron chi connectivity index (χ2n) is 7.30. The Morgan fingerprint density at radius 3 is 2.57 bits per heavy atom. The molecule has 1 aromatic rings. The Hall–Kier alpha value is -1.36. The predicted molar refractivity (Wildman–Crippen MR) is 81.3 cm³/mol. The summed E-state index contributed by atoms with van der Waals surface area (Å²) in [6.07, 6.45) is -0.537. The van der Waals surface area contributed by atoms with E-state index in [1.807, 2.05) is 6.92 Å². The third-order valence-corrected chi connectivity index (χ3v) is 5.45. The van der Waals surface area contributed by atoms with Crippen LogP contribution in [0.15, 0.2) is 29.8 Å². The summed E-state index contributed by atoms with van der Waals surface area (Å²) in [6, 6.07) is 3.14. The molecule has 0 radical (unpaired) electrons. The minimum absolute atomic E-state index is 0.160. The van der Waals surface area contributed by atoms with Gasteiger partial charge >= 0.3 is 6.18 Å². The van der Waals surface area contributed by atoms with Crippen LogP contribution in [0.25, 0.3) is 0 Å². The molecule has 0 spiro atoms. The molecule has 3 rings (SSSR count). The molecule has 126 valence electrons. The van der Waals surface area contributed by atoms with Crippen molar-refractivity contribution in [1.82, 2.24) is 5.32 Å². The van der Waals surface area contributed by atoms with Crippen LogP contribution in [0.5, 0.6) is 0 Å². The zero-order valence-electron chi connectivity index (χ0n) is 13.5. The maximum Gasteiger partial charge on any atom is 0.419 e. The highest BCUT2D eigenvalue weighted by Gasteiger charge is 2.44. The highest BCUT2D eigenvalue weighted by atomic mass is 19.4. The van der Waals surface area contributed by atoms with Crippen molar-refractivity contribution < 1.29 is 17.6 Å². The number of nitrogens with one attached hydrogen (secondary N) is 1. The van der Waals surface area contributed by atoms with E-state index < -0.39 is 17.6 Å². The number of allylic oxidation sites excluding steroid dienone is 1. The molecule has 1 N–H and O–H groups in total. The SMILES string of the molecule is CC1=CC[C@@H]2C[C@H]1[C@H](c1ccc(F)c(C(F)(F)F)c1)NC2(C)C. The predicted octanol–water partition coefficient (Wildman–Crippen LogP) is 5.24. The van der Waals surface area contributed by atoms with E-state index >= 15 is 0 Å². The molecule has 1 aliphatic heterocycles. The van der Waals surface area contributed by atoms with E-state index in [0.717, 1.165) is 25.0 Å². The first-order valence-electron chi connectivity index (χ1n) is 7.90. The van der Waals surface area contributed by atoms with E-state index in [2.05, 4.69) is 25.2 Å². The fraction of sp³-hybridized carbons (Fsp3) is 0.556. The minimum atomic E-state index is -4.68. The average Bonchev–Trinajstić information content (AvgIpc) is 2.44. The summed E-state index contributed by atoms with van der Waals surface area (Å²) in [5.74, 6) is -0.589. The summed E-state index contributed by atoms with van der Waals surface area (Å²) in [7, 11) is 0. The largest absolute Gasteiger partial charge is 0.419 e. The van der Waals surface area contributed by atoms with Gasteiger partial charge in [-0.3, -0.25) is 0 Å². The van der Waals surface area contributed by atoms with Gasteiger partial charge in [0.25, 0.3) is 0 Å². The minimum Gasteiger partial charge on any atom is -0.304 e. The second-order valence-corrected chi connectivity index (χ2v) is 7.30. The molecule has 1 fully saturated rings. The Labute approximate surface area is 133 Å². The van der Waals surface area contributed by atoms with Crippen molar-refractivity contribution >= 4 is 0 Å². The van der Waals surface area contributed by atoms with Crippen LogP contribution in [0.3, 0.4) is 0 Å². The Balaban J connectivity index is 2.03. The van der Waals surface area contributed by atoms with E-state index in [4.69, 9.17) is 0 Å². The lowest BCUT2D eigenvalue weighted by Gasteiger charge is -2.50. The van der Waals surface area contributed by atoms with Crippen LogP contribution in [0.1, 0.15) is 50.8 Å². The molecule has 1 aromatic carbocycles. The highest BCUT2D eigenvalue weighted by molar-refractivity contribution is 5.33. The number of hydrogen-bond acceptors (Lipinski definition) is 1. The molecule has 0 amide bonds. The number of rotatable bonds is 1. The van der Waals surface area contributed by atoms with Crippen LogP contribution in [0, 0.1) is 17.7 Å². The number of halogens is 4. The first kappa shape index (κ1) is 16.5. The lowest BCUT2D eigenvalue weighted by Crippen LogP contribution is -2.55. The van der Waals surface area contributed by atoms with Crippen LogP contribution in [0.2, 0.25) is 0 Å². The molecule has 23 heavy (non-hydrogen) atoms. The van der Waals surface area contributed by atoms with Crippen molar-refractivity contribution in [2.24, 2.45) is 11.8 Å². The van der Waals surface area contributed by atoms with Crippen molar-refractivity contribution in [1.29, 1.82) is 0 Å². The molecule has 1 heterocycles. The van der Waals surface area contributed by atoms with Gasteiger partial charge in [-0.1, -0.05) is 17.7 Å². The maximum absolute atomic E-state index is 13.6. The zero-order valence-corrected chi connectivity index (χ0v) is 13.5. The van der Waals surface area contributed by atoms with Crippen molar-refractivity contribution in [3.8, 4) is 0 Å². The van der Waals surface area contributed by atoms with E-state index in [-0.39, 0.29) is 17.5 Å². The van der Waals surface area contributed by atoms with Crippen LogP contribution >= 0.6 is 0 Å². The smallest absolute Gasteiger partial charge is 0.304 e. The fourth-order valence-corrected chi connectivity index (χ4v) is 3.94. The Morgan fingerprint density at radius 1 is 1.22 bits per heavy atom. The van der Waals surface area contributed by atoms with Crippen LogP contribution in [0.4, 0.5) is 17.6 Å². The maximum atomic E-state index is 13.6. The fourth-order valence-electron chi connectivity index (χ4n) is 3.94. The van der Waals surface area contributed by atoms with E-state index in [1.54, 1.807) is 0 Å². The van der Waals surface area contributed by atoms with Gasteiger partial charge < -0.3 is 5.32 Å². The molecule has 1 saturated heterocycles. The normalized spacial score (nSPS) is 30.0. The first-order valence-corrected chi connectivity index (χ1v) is 7.90. The molecule has 5 heteroatoms. The molecule has 0 saturated carbocycles. The molecule has 0 unspecified atom stereocenters. The summed E-state index contributed by atoms with van der Waals surface area (Å²) >= 11 is 0. The van der Waals surface area contributed by atoms with Gasteiger partial charge in [-0.05, 0) is 63.1 Å². The van der Waals surface area contributed by atoms with Crippen LogP contribution in [-0.4, -0.2) is 5.54 Å². The number of fused-ring (bicyclic) bond motifs is 2. The van der Waals surface area contributed by atoms with Gasteiger partial charge in [0, 0.05) is 11.6 Å². The third kappa shape index (κ3) is 2.91. The molecule has 2 aliphatic rings. The van der Waals surface area contributed by atoms with Crippen molar-refractivity contribution in [2.75, 3.05) is 0 Å². The number of hydrogen-bond donors (Lipinski definition) is 1. The van der Waals surface area contributed by atoms with Gasteiger partial charge in [0.05, 0.1) is 5.56 Å². The third-order valence-electron chi connectivity index (χ3n) is 5.45. The molecule has 3 atom stereocenters. The summed E-state index contributed by atoms with van der Waals surface area (Å²) in [5.41, 5.74) is 0.358. The molecule has 1 aliphatic carbocycles. The molecule has 0 aromatic heterocycles.